The Morgan fingerprint density at radius 1 is 0.973 bits per heavy atom. The summed E-state index contributed by atoms with van der Waals surface area (Å²) in [5.41, 5.74) is 4.95. The summed E-state index contributed by atoms with van der Waals surface area (Å²) >= 11 is 0. The van der Waals surface area contributed by atoms with Crippen molar-refractivity contribution in [1.82, 2.24) is 19.8 Å². The minimum atomic E-state index is -0.172. The van der Waals surface area contributed by atoms with Gasteiger partial charge in [0.2, 0.25) is 5.91 Å². The van der Waals surface area contributed by atoms with Crippen LogP contribution in [0.2, 0.25) is 0 Å². The Labute approximate surface area is 216 Å². The number of nitrogens with one attached hydrogen (secondary N) is 2. The lowest BCUT2D eigenvalue weighted by atomic mass is 10.1. The molecule has 0 saturated carbocycles. The summed E-state index contributed by atoms with van der Waals surface area (Å²) in [6.07, 6.45) is 0.433. The predicted molar refractivity (Wildman–Crippen MR) is 144 cm³/mol. The molecule has 5 rings (SSSR count). The molecule has 0 radical (unpaired) electrons. The smallest absolute Gasteiger partial charge is 0.251 e. The van der Waals surface area contributed by atoms with Gasteiger partial charge in [0.1, 0.15) is 5.82 Å². The monoisotopic (exact) mass is 497 g/mol. The number of hydrogen-bond acceptors (Lipinski definition) is 5. The van der Waals surface area contributed by atoms with E-state index in [4.69, 9.17) is 4.74 Å². The minimum Gasteiger partial charge on any atom is -0.379 e. The highest BCUT2D eigenvalue weighted by molar-refractivity contribution is 5.97. The molecule has 4 aromatic rings. The summed E-state index contributed by atoms with van der Waals surface area (Å²) in [6.45, 7) is 6.21. The second kappa shape index (κ2) is 11.4. The van der Waals surface area contributed by atoms with Crippen LogP contribution in [0.3, 0.4) is 0 Å². The molecule has 0 bridgehead atoms. The molecular weight excluding hydrogens is 466 g/mol. The fraction of sp³-hybridized carbons (Fsp3) is 0.276. The first-order valence-corrected chi connectivity index (χ1v) is 12.6. The Morgan fingerprint density at radius 2 is 1.78 bits per heavy atom. The molecule has 0 spiro atoms. The average molecular weight is 498 g/mol. The van der Waals surface area contributed by atoms with E-state index in [0.29, 0.717) is 18.5 Å². The number of anilines is 1. The molecule has 1 fully saturated rings. The number of morpholine rings is 1. The third-order valence-corrected chi connectivity index (χ3v) is 6.52. The van der Waals surface area contributed by atoms with Gasteiger partial charge in [-0.2, -0.15) is 0 Å². The van der Waals surface area contributed by atoms with Crippen LogP contribution in [0.1, 0.15) is 28.2 Å². The molecule has 8 nitrogen and oxygen atoms in total. The van der Waals surface area contributed by atoms with Crippen LogP contribution >= 0.6 is 0 Å². The van der Waals surface area contributed by atoms with E-state index >= 15 is 0 Å². The lowest BCUT2D eigenvalue weighted by Crippen LogP contribution is -2.38. The summed E-state index contributed by atoms with van der Waals surface area (Å²) < 4.78 is 7.43. The summed E-state index contributed by atoms with van der Waals surface area (Å²) in [5.74, 6) is 0.669. The van der Waals surface area contributed by atoms with Crippen LogP contribution in [-0.2, 0) is 16.1 Å². The minimum absolute atomic E-state index is 0.0220. The van der Waals surface area contributed by atoms with Crippen molar-refractivity contribution >= 4 is 28.5 Å². The van der Waals surface area contributed by atoms with Gasteiger partial charge in [-0.25, -0.2) is 4.98 Å². The topological polar surface area (TPSA) is 88.5 Å². The third kappa shape index (κ3) is 6.04. The number of imidazole rings is 1. The van der Waals surface area contributed by atoms with Gasteiger partial charge in [-0.1, -0.05) is 30.3 Å². The maximum atomic E-state index is 12.9. The highest BCUT2D eigenvalue weighted by Gasteiger charge is 2.14. The van der Waals surface area contributed by atoms with E-state index < -0.39 is 0 Å². The second-order valence-electron chi connectivity index (χ2n) is 9.17. The normalized spacial score (nSPS) is 14.0. The Bertz CT molecular complexity index is 1390. The van der Waals surface area contributed by atoms with Crippen molar-refractivity contribution in [2.45, 2.75) is 19.9 Å². The number of aromatic nitrogens is 2. The number of amides is 2. The molecule has 0 unspecified atom stereocenters. The van der Waals surface area contributed by atoms with E-state index in [0.717, 1.165) is 66.6 Å². The molecule has 1 aromatic heterocycles. The van der Waals surface area contributed by atoms with Gasteiger partial charge in [-0.3, -0.25) is 19.1 Å². The van der Waals surface area contributed by atoms with Crippen molar-refractivity contribution in [3.05, 3.63) is 89.7 Å². The van der Waals surface area contributed by atoms with Gasteiger partial charge in [0, 0.05) is 49.5 Å². The van der Waals surface area contributed by atoms with Crippen LogP contribution in [0.4, 0.5) is 5.69 Å². The molecular formula is C29H31N5O3. The number of rotatable bonds is 8. The number of nitrogens with zero attached hydrogens (tertiary/aromatic N) is 3. The molecule has 37 heavy (non-hydrogen) atoms. The van der Waals surface area contributed by atoms with Crippen molar-refractivity contribution in [3.8, 4) is 5.69 Å². The number of benzene rings is 3. The molecule has 0 atom stereocenters. The van der Waals surface area contributed by atoms with Crippen LogP contribution in [-0.4, -0.2) is 59.1 Å². The molecule has 3 aromatic carbocycles. The number of ether oxygens (including phenoxy) is 1. The zero-order valence-electron chi connectivity index (χ0n) is 20.9. The second-order valence-corrected chi connectivity index (χ2v) is 9.17. The van der Waals surface area contributed by atoms with Crippen molar-refractivity contribution in [1.29, 1.82) is 0 Å². The molecule has 2 heterocycles. The van der Waals surface area contributed by atoms with Gasteiger partial charge in [-0.05, 0) is 55.0 Å². The largest absolute Gasteiger partial charge is 0.379 e. The van der Waals surface area contributed by atoms with Crippen LogP contribution in [0.15, 0.2) is 72.8 Å². The molecule has 8 heteroatoms. The number of hydrogen-bond donors (Lipinski definition) is 2. The Balaban J connectivity index is 1.19. The zero-order valence-corrected chi connectivity index (χ0v) is 20.9. The van der Waals surface area contributed by atoms with Crippen molar-refractivity contribution in [2.24, 2.45) is 0 Å². The Morgan fingerprint density at radius 3 is 2.59 bits per heavy atom. The molecule has 190 valence electrons. The summed E-state index contributed by atoms with van der Waals surface area (Å²) in [7, 11) is 0. The SMILES string of the molecule is Cc1nc2cc(C(=O)NCc3cccc(NC(=O)CCN4CCOCC4)c3)ccc2n1-c1ccccc1. The zero-order chi connectivity index (χ0) is 25.6. The molecule has 1 saturated heterocycles. The molecule has 0 aliphatic carbocycles. The molecule has 2 amide bonds. The molecule has 2 N–H and O–H groups in total. The van der Waals surface area contributed by atoms with Gasteiger partial charge < -0.3 is 15.4 Å². The van der Waals surface area contributed by atoms with Gasteiger partial charge in [-0.15, -0.1) is 0 Å². The highest BCUT2D eigenvalue weighted by atomic mass is 16.5. The van der Waals surface area contributed by atoms with Crippen LogP contribution in [0.25, 0.3) is 16.7 Å². The Kier molecular flexibility index (Phi) is 7.58. The fourth-order valence-corrected chi connectivity index (χ4v) is 4.60. The number of aryl methyl sites for hydroxylation is 1. The van der Waals surface area contributed by atoms with Gasteiger partial charge >= 0.3 is 0 Å². The van der Waals surface area contributed by atoms with E-state index in [9.17, 15) is 9.59 Å². The Hall–Kier alpha value is -4.01. The van der Waals surface area contributed by atoms with Crippen molar-refractivity contribution in [2.75, 3.05) is 38.2 Å². The predicted octanol–water partition coefficient (Wildman–Crippen LogP) is 3.92. The first-order chi connectivity index (χ1) is 18.1. The molecule has 1 aliphatic heterocycles. The average Bonchev–Trinajstić information content (AvgIpc) is 3.26. The van der Waals surface area contributed by atoms with E-state index in [-0.39, 0.29) is 11.8 Å². The first-order valence-electron chi connectivity index (χ1n) is 12.6. The van der Waals surface area contributed by atoms with Crippen LogP contribution in [0, 0.1) is 6.92 Å². The van der Waals surface area contributed by atoms with Crippen LogP contribution in [0.5, 0.6) is 0 Å². The van der Waals surface area contributed by atoms with E-state index in [2.05, 4.69) is 25.1 Å². The van der Waals surface area contributed by atoms with Crippen molar-refractivity contribution < 1.29 is 14.3 Å². The molecule has 1 aliphatic rings. The van der Waals surface area contributed by atoms with E-state index in [1.807, 2.05) is 79.7 Å². The quantitative estimate of drug-likeness (QED) is 0.385. The van der Waals surface area contributed by atoms with Crippen LogP contribution < -0.4 is 10.6 Å². The third-order valence-electron chi connectivity index (χ3n) is 6.52. The lowest BCUT2D eigenvalue weighted by molar-refractivity contribution is -0.116. The van der Waals surface area contributed by atoms with Gasteiger partial charge in [0.25, 0.3) is 5.91 Å². The lowest BCUT2D eigenvalue weighted by Gasteiger charge is -2.26. The summed E-state index contributed by atoms with van der Waals surface area (Å²) in [5, 5.41) is 5.94. The fourth-order valence-electron chi connectivity index (χ4n) is 4.60. The number of carbonyl (C=O) groups is 2. The standard InChI is InChI=1S/C29H31N5O3/c1-21-31-26-19-23(10-11-27(26)34(21)25-8-3-2-4-9-25)29(36)30-20-22-6-5-7-24(18-22)32-28(35)12-13-33-14-16-37-17-15-33/h2-11,18-19H,12-17,20H2,1H3,(H,30,36)(H,32,35). The summed E-state index contributed by atoms with van der Waals surface area (Å²) in [6, 6.07) is 23.2. The number of para-hydroxylation sites is 1. The van der Waals surface area contributed by atoms with E-state index in [1.165, 1.54) is 0 Å². The summed E-state index contributed by atoms with van der Waals surface area (Å²) in [4.78, 5) is 32.2. The van der Waals surface area contributed by atoms with Gasteiger partial charge in [0.05, 0.1) is 24.2 Å². The number of fused-ring (bicyclic) bond motifs is 1. The van der Waals surface area contributed by atoms with Gasteiger partial charge in [0.15, 0.2) is 0 Å². The maximum absolute atomic E-state index is 12.9. The number of carbonyl (C=O) groups excluding carboxylic acids is 2. The highest BCUT2D eigenvalue weighted by Crippen LogP contribution is 2.22. The first kappa shape index (κ1) is 24.7. The van der Waals surface area contributed by atoms with Crippen molar-refractivity contribution in [3.63, 3.8) is 0 Å². The maximum Gasteiger partial charge on any atom is 0.251 e. The van der Waals surface area contributed by atoms with E-state index in [1.54, 1.807) is 0 Å².